The molecule has 0 fully saturated rings. The quantitative estimate of drug-likeness (QED) is 0.361. The van der Waals surface area contributed by atoms with Crippen LogP contribution in [0.1, 0.15) is 26.7 Å². The van der Waals surface area contributed by atoms with Gasteiger partial charge in [-0.2, -0.15) is 0 Å². The van der Waals surface area contributed by atoms with Crippen molar-refractivity contribution in [2.75, 3.05) is 0 Å². The first-order valence-corrected chi connectivity index (χ1v) is 3.33. The number of carbonyl (C=O) groups excluding carboxylic acids is 1. The molecule has 0 N–H and O–H groups in total. The first-order chi connectivity index (χ1) is 4.81. The van der Waals surface area contributed by atoms with Crippen LogP contribution in [0.2, 0.25) is 0 Å². The van der Waals surface area contributed by atoms with Crippen LogP contribution in [-0.2, 0) is 4.79 Å². The number of rotatable bonds is 0. The number of hydrogen-bond acceptors (Lipinski definition) is 1. The van der Waals surface area contributed by atoms with E-state index in [1.54, 1.807) is 0 Å². The molecule has 0 radical (unpaired) electrons. The van der Waals surface area contributed by atoms with Gasteiger partial charge in [0.1, 0.15) is 0 Å². The summed E-state index contributed by atoms with van der Waals surface area (Å²) in [6.45, 7) is 3.79. The Balaban J connectivity index is 3.86. The summed E-state index contributed by atoms with van der Waals surface area (Å²) in [4.78, 5) is 10.6. The molecule has 1 nitrogen and oxygen atoms in total. The summed E-state index contributed by atoms with van der Waals surface area (Å²) in [5.74, 6) is 9.84. The monoisotopic (exact) mass is 134 g/mol. The van der Waals surface area contributed by atoms with E-state index < -0.39 is 0 Å². The average Bonchev–Trinajstić information content (AvgIpc) is 1.97. The largest absolute Gasteiger partial charge is 0.279 e. The van der Waals surface area contributed by atoms with E-state index >= 15 is 0 Å². The van der Waals surface area contributed by atoms with E-state index in [1.165, 1.54) is 0 Å². The van der Waals surface area contributed by atoms with Crippen LogP contribution in [-0.4, -0.2) is 5.78 Å². The maximum Gasteiger partial charge on any atom is 0.279 e. The average molecular weight is 134 g/mol. The zero-order valence-corrected chi connectivity index (χ0v) is 6.32. The minimum atomic E-state index is -0.274. The third-order valence-corrected chi connectivity index (χ3v) is 0.757. The molecule has 0 aliphatic rings. The Morgan fingerprint density at radius 3 is 1.80 bits per heavy atom. The second-order valence-corrected chi connectivity index (χ2v) is 1.64. The highest BCUT2D eigenvalue weighted by molar-refractivity contribution is 6.08. The molecule has 0 aliphatic carbocycles. The van der Waals surface area contributed by atoms with Crippen molar-refractivity contribution in [3.05, 3.63) is 0 Å². The Morgan fingerprint density at radius 1 is 1.10 bits per heavy atom. The van der Waals surface area contributed by atoms with Gasteiger partial charge < -0.3 is 0 Å². The predicted molar refractivity (Wildman–Crippen MR) is 41.1 cm³/mol. The van der Waals surface area contributed by atoms with Crippen LogP contribution >= 0.6 is 0 Å². The van der Waals surface area contributed by atoms with Gasteiger partial charge in [-0.15, -0.1) is 0 Å². The smallest absolute Gasteiger partial charge is 0.270 e. The number of hydrogen-bond donors (Lipinski definition) is 0. The van der Waals surface area contributed by atoms with E-state index in [2.05, 4.69) is 23.7 Å². The van der Waals surface area contributed by atoms with Gasteiger partial charge in [-0.1, -0.05) is 25.7 Å². The van der Waals surface area contributed by atoms with Gasteiger partial charge >= 0.3 is 0 Å². The van der Waals surface area contributed by atoms with Crippen molar-refractivity contribution in [3.8, 4) is 23.7 Å². The zero-order valence-electron chi connectivity index (χ0n) is 6.32. The molecule has 0 rings (SSSR count). The fourth-order valence-electron chi connectivity index (χ4n) is 0.369. The molecule has 0 aliphatic heterocycles. The van der Waals surface area contributed by atoms with Gasteiger partial charge in [0.2, 0.25) is 0 Å². The lowest BCUT2D eigenvalue weighted by atomic mass is 10.3. The van der Waals surface area contributed by atoms with Crippen molar-refractivity contribution < 1.29 is 4.79 Å². The minimum absolute atomic E-state index is 0.274. The molecule has 0 saturated heterocycles. The normalized spacial score (nSPS) is 6.60. The molecule has 0 spiro atoms. The number of ketones is 1. The van der Waals surface area contributed by atoms with Crippen LogP contribution in [0.25, 0.3) is 0 Å². The molecule has 0 bridgehead atoms. The van der Waals surface area contributed by atoms with Gasteiger partial charge in [0, 0.05) is 12.8 Å². The molecule has 1 heteroatoms. The van der Waals surface area contributed by atoms with Gasteiger partial charge in [0.25, 0.3) is 5.78 Å². The molecule has 0 aromatic carbocycles. The molecule has 0 amide bonds. The van der Waals surface area contributed by atoms with Crippen molar-refractivity contribution in [3.63, 3.8) is 0 Å². The molecule has 0 aromatic rings. The zero-order chi connectivity index (χ0) is 7.82. The third-order valence-electron chi connectivity index (χ3n) is 0.757. The van der Waals surface area contributed by atoms with Gasteiger partial charge in [-0.25, -0.2) is 0 Å². The van der Waals surface area contributed by atoms with E-state index in [0.717, 1.165) is 0 Å². The first kappa shape index (κ1) is 8.79. The lowest BCUT2D eigenvalue weighted by molar-refractivity contribution is -0.108. The van der Waals surface area contributed by atoms with E-state index in [9.17, 15) is 4.79 Å². The van der Waals surface area contributed by atoms with Gasteiger partial charge in [-0.3, -0.25) is 4.79 Å². The predicted octanol–water partition coefficient (Wildman–Crippen LogP) is 1.38. The van der Waals surface area contributed by atoms with E-state index in [1.807, 2.05) is 13.8 Å². The molecule has 0 atom stereocenters. The highest BCUT2D eigenvalue weighted by atomic mass is 16.1. The maximum absolute atomic E-state index is 10.6. The summed E-state index contributed by atoms with van der Waals surface area (Å²) < 4.78 is 0. The summed E-state index contributed by atoms with van der Waals surface area (Å²) in [5, 5.41) is 0. The highest BCUT2D eigenvalue weighted by Crippen LogP contribution is 1.71. The van der Waals surface area contributed by atoms with Crippen molar-refractivity contribution in [1.29, 1.82) is 0 Å². The Bertz CT molecular complexity index is 193. The minimum Gasteiger partial charge on any atom is -0.270 e. The van der Waals surface area contributed by atoms with Crippen LogP contribution in [0.15, 0.2) is 0 Å². The Hall–Kier alpha value is -1.21. The lowest BCUT2D eigenvalue weighted by Gasteiger charge is -1.71. The van der Waals surface area contributed by atoms with E-state index in [4.69, 9.17) is 0 Å². The Labute approximate surface area is 61.8 Å². The van der Waals surface area contributed by atoms with Gasteiger partial charge in [-0.05, 0) is 11.8 Å². The fraction of sp³-hybridized carbons (Fsp3) is 0.444. The first-order valence-electron chi connectivity index (χ1n) is 3.33. The van der Waals surface area contributed by atoms with Gasteiger partial charge in [0.15, 0.2) is 0 Å². The Morgan fingerprint density at radius 2 is 1.50 bits per heavy atom. The van der Waals surface area contributed by atoms with Crippen molar-refractivity contribution >= 4 is 5.78 Å². The van der Waals surface area contributed by atoms with E-state index in [-0.39, 0.29) is 5.78 Å². The molecule has 52 valence electrons. The van der Waals surface area contributed by atoms with Crippen molar-refractivity contribution in [2.24, 2.45) is 0 Å². The maximum atomic E-state index is 10.6. The lowest BCUT2D eigenvalue weighted by Crippen LogP contribution is -1.85. The Kier molecular flexibility index (Phi) is 5.20. The molecule has 0 aromatic heterocycles. The summed E-state index contributed by atoms with van der Waals surface area (Å²) in [7, 11) is 0. The SMILES string of the molecule is CCC#CC(=O)C#CCC. The molecule has 10 heavy (non-hydrogen) atoms. The molecule has 0 unspecified atom stereocenters. The second-order valence-electron chi connectivity index (χ2n) is 1.64. The summed E-state index contributed by atoms with van der Waals surface area (Å²) >= 11 is 0. The van der Waals surface area contributed by atoms with Crippen LogP contribution in [0, 0.1) is 23.7 Å². The molecular weight excluding hydrogens is 124 g/mol. The molecular formula is C9H10O. The van der Waals surface area contributed by atoms with Crippen LogP contribution < -0.4 is 0 Å². The van der Waals surface area contributed by atoms with Crippen molar-refractivity contribution in [2.45, 2.75) is 26.7 Å². The molecule has 0 heterocycles. The highest BCUT2D eigenvalue weighted by Gasteiger charge is 1.82. The van der Waals surface area contributed by atoms with Crippen LogP contribution in [0.5, 0.6) is 0 Å². The summed E-state index contributed by atoms with van der Waals surface area (Å²) in [6.07, 6.45) is 1.42. The number of carbonyl (C=O) groups is 1. The summed E-state index contributed by atoms with van der Waals surface area (Å²) in [6, 6.07) is 0. The van der Waals surface area contributed by atoms with E-state index in [0.29, 0.717) is 12.8 Å². The third kappa shape index (κ3) is 4.94. The van der Waals surface area contributed by atoms with Crippen LogP contribution in [0.4, 0.5) is 0 Å². The number of Topliss-reactive ketones (excluding diaryl/α,β-unsaturated/α-hetero) is 1. The summed E-state index contributed by atoms with van der Waals surface area (Å²) in [5.41, 5.74) is 0. The van der Waals surface area contributed by atoms with Gasteiger partial charge in [0.05, 0.1) is 0 Å². The molecule has 0 saturated carbocycles. The van der Waals surface area contributed by atoms with Crippen molar-refractivity contribution in [1.82, 2.24) is 0 Å². The topological polar surface area (TPSA) is 17.1 Å². The standard InChI is InChI=1S/C9H10O/c1-3-5-7-9(10)8-6-4-2/h3-4H2,1-2H3. The fourth-order valence-corrected chi connectivity index (χ4v) is 0.369. The van der Waals surface area contributed by atoms with Crippen LogP contribution in [0.3, 0.4) is 0 Å². The second kappa shape index (κ2) is 5.92.